The van der Waals surface area contributed by atoms with Gasteiger partial charge in [-0.05, 0) is 38.3 Å². The van der Waals surface area contributed by atoms with E-state index in [1.807, 2.05) is 13.0 Å². The molecule has 0 bridgehead atoms. The van der Waals surface area contributed by atoms with Crippen molar-refractivity contribution in [2.75, 3.05) is 13.1 Å². The minimum absolute atomic E-state index is 0.273. The first-order valence-electron chi connectivity index (χ1n) is 9.15. The molecule has 25 heavy (non-hydrogen) atoms. The lowest BCUT2D eigenvalue weighted by Crippen LogP contribution is -2.47. The molecule has 2 fully saturated rings. The molecule has 0 unspecified atom stereocenters. The van der Waals surface area contributed by atoms with Gasteiger partial charge in [0.15, 0.2) is 0 Å². The highest BCUT2D eigenvalue weighted by atomic mass is 16.5. The fourth-order valence-electron chi connectivity index (χ4n) is 4.19. The summed E-state index contributed by atoms with van der Waals surface area (Å²) in [4.78, 5) is 21.2. The van der Waals surface area contributed by atoms with E-state index in [2.05, 4.69) is 19.9 Å². The van der Waals surface area contributed by atoms with Crippen LogP contribution in [0.4, 0.5) is 0 Å². The number of furan rings is 1. The van der Waals surface area contributed by atoms with E-state index in [1.54, 1.807) is 12.5 Å². The van der Waals surface area contributed by atoms with Gasteiger partial charge in [-0.2, -0.15) is 4.98 Å². The SMILES string of the molecule is CCC(=O)N1CCC[C@@H]1[C@@H]1CCCN1Cc1nc(-c2ccoc2)no1. The summed E-state index contributed by atoms with van der Waals surface area (Å²) in [6.07, 6.45) is 8.27. The van der Waals surface area contributed by atoms with Crippen molar-refractivity contribution < 1.29 is 13.7 Å². The Morgan fingerprint density at radius 3 is 2.92 bits per heavy atom. The number of rotatable bonds is 5. The van der Waals surface area contributed by atoms with E-state index < -0.39 is 0 Å². The van der Waals surface area contributed by atoms with Crippen LogP contribution in [0.1, 0.15) is 44.9 Å². The average Bonchev–Trinajstić information content (AvgIpc) is 3.38. The van der Waals surface area contributed by atoms with Gasteiger partial charge in [0.2, 0.25) is 17.6 Å². The van der Waals surface area contributed by atoms with Crippen LogP contribution in [-0.2, 0) is 11.3 Å². The number of nitrogens with zero attached hydrogens (tertiary/aromatic N) is 4. The molecular weight excluding hydrogens is 320 g/mol. The number of likely N-dealkylation sites (tertiary alicyclic amines) is 2. The summed E-state index contributed by atoms with van der Waals surface area (Å²) in [7, 11) is 0. The van der Waals surface area contributed by atoms with Gasteiger partial charge in [-0.15, -0.1) is 0 Å². The van der Waals surface area contributed by atoms with Crippen LogP contribution in [0, 0.1) is 0 Å². The van der Waals surface area contributed by atoms with Gasteiger partial charge in [0.1, 0.15) is 6.26 Å². The minimum atomic E-state index is 0.273. The van der Waals surface area contributed by atoms with Gasteiger partial charge in [-0.25, -0.2) is 0 Å². The van der Waals surface area contributed by atoms with Crippen LogP contribution in [0.25, 0.3) is 11.4 Å². The molecule has 0 N–H and O–H groups in total. The summed E-state index contributed by atoms with van der Waals surface area (Å²) >= 11 is 0. The highest BCUT2D eigenvalue weighted by Gasteiger charge is 2.39. The van der Waals surface area contributed by atoms with Crippen molar-refractivity contribution in [1.29, 1.82) is 0 Å². The van der Waals surface area contributed by atoms with Crippen molar-refractivity contribution in [1.82, 2.24) is 19.9 Å². The van der Waals surface area contributed by atoms with E-state index in [0.717, 1.165) is 44.3 Å². The van der Waals surface area contributed by atoms with E-state index >= 15 is 0 Å². The zero-order valence-corrected chi connectivity index (χ0v) is 14.6. The summed E-state index contributed by atoms with van der Waals surface area (Å²) < 4.78 is 10.5. The Labute approximate surface area is 147 Å². The fraction of sp³-hybridized carbons (Fsp3) is 0.611. The second-order valence-corrected chi connectivity index (χ2v) is 6.85. The first kappa shape index (κ1) is 16.3. The molecular formula is C18H24N4O3. The molecule has 0 aliphatic carbocycles. The van der Waals surface area contributed by atoms with Crippen molar-refractivity contribution >= 4 is 5.91 Å². The second-order valence-electron chi connectivity index (χ2n) is 6.85. The lowest BCUT2D eigenvalue weighted by Gasteiger charge is -2.34. The van der Waals surface area contributed by atoms with Crippen LogP contribution in [-0.4, -0.2) is 51.0 Å². The number of amides is 1. The standard InChI is InChI=1S/C18H24N4O3/c1-2-17(23)22-9-4-6-15(22)14-5-3-8-21(14)11-16-19-18(20-25-16)13-7-10-24-12-13/h7,10,12,14-15H,2-6,8-9,11H2,1H3/t14-,15+/m0/s1. The van der Waals surface area contributed by atoms with E-state index in [0.29, 0.717) is 36.8 Å². The van der Waals surface area contributed by atoms with Crippen LogP contribution < -0.4 is 0 Å². The van der Waals surface area contributed by atoms with Crippen LogP contribution in [0.5, 0.6) is 0 Å². The molecule has 2 atom stereocenters. The van der Waals surface area contributed by atoms with Crippen LogP contribution in [0.15, 0.2) is 27.5 Å². The van der Waals surface area contributed by atoms with Crippen molar-refractivity contribution in [3.8, 4) is 11.4 Å². The molecule has 2 aromatic rings. The zero-order chi connectivity index (χ0) is 17.2. The quantitative estimate of drug-likeness (QED) is 0.830. The highest BCUT2D eigenvalue weighted by Crippen LogP contribution is 2.31. The molecule has 4 rings (SSSR count). The molecule has 134 valence electrons. The van der Waals surface area contributed by atoms with Crippen LogP contribution >= 0.6 is 0 Å². The van der Waals surface area contributed by atoms with Crippen molar-refractivity contribution in [3.05, 3.63) is 24.5 Å². The van der Waals surface area contributed by atoms with Gasteiger partial charge < -0.3 is 13.8 Å². The Hall–Kier alpha value is -2.15. The summed E-state index contributed by atoms with van der Waals surface area (Å²) in [5.41, 5.74) is 0.823. The molecule has 2 saturated heterocycles. The molecule has 0 spiro atoms. The predicted molar refractivity (Wildman–Crippen MR) is 90.5 cm³/mol. The average molecular weight is 344 g/mol. The smallest absolute Gasteiger partial charge is 0.241 e. The van der Waals surface area contributed by atoms with Crippen LogP contribution in [0.3, 0.4) is 0 Å². The number of hydrogen-bond donors (Lipinski definition) is 0. The Morgan fingerprint density at radius 1 is 1.28 bits per heavy atom. The molecule has 0 saturated carbocycles. The van der Waals surface area contributed by atoms with Crippen molar-refractivity contribution in [3.63, 3.8) is 0 Å². The molecule has 1 amide bonds. The lowest BCUT2D eigenvalue weighted by molar-refractivity contribution is -0.132. The first-order valence-corrected chi connectivity index (χ1v) is 9.15. The van der Waals surface area contributed by atoms with Gasteiger partial charge in [-0.3, -0.25) is 9.69 Å². The Kier molecular flexibility index (Phi) is 4.57. The predicted octanol–water partition coefficient (Wildman–Crippen LogP) is 2.70. The zero-order valence-electron chi connectivity index (χ0n) is 14.6. The van der Waals surface area contributed by atoms with Crippen molar-refractivity contribution in [2.24, 2.45) is 0 Å². The van der Waals surface area contributed by atoms with E-state index in [1.165, 1.54) is 0 Å². The van der Waals surface area contributed by atoms with Crippen molar-refractivity contribution in [2.45, 2.75) is 57.7 Å². The second kappa shape index (κ2) is 7.00. The maximum absolute atomic E-state index is 12.2. The first-order chi connectivity index (χ1) is 12.3. The summed E-state index contributed by atoms with van der Waals surface area (Å²) in [5.74, 6) is 1.45. The Balaban J connectivity index is 1.46. The maximum atomic E-state index is 12.2. The monoisotopic (exact) mass is 344 g/mol. The summed E-state index contributed by atoms with van der Waals surface area (Å²) in [6.45, 7) is 4.49. The van der Waals surface area contributed by atoms with Gasteiger partial charge in [-0.1, -0.05) is 12.1 Å². The number of carbonyl (C=O) groups excluding carboxylic acids is 1. The highest BCUT2D eigenvalue weighted by molar-refractivity contribution is 5.76. The van der Waals surface area contributed by atoms with E-state index in [9.17, 15) is 4.79 Å². The largest absolute Gasteiger partial charge is 0.472 e. The Bertz CT molecular complexity index is 712. The van der Waals surface area contributed by atoms with Gasteiger partial charge >= 0.3 is 0 Å². The third-order valence-corrected chi connectivity index (χ3v) is 5.37. The topological polar surface area (TPSA) is 75.6 Å². The minimum Gasteiger partial charge on any atom is -0.472 e. The van der Waals surface area contributed by atoms with Gasteiger partial charge in [0.05, 0.1) is 18.4 Å². The van der Waals surface area contributed by atoms with Gasteiger partial charge in [0, 0.05) is 25.0 Å². The number of carbonyl (C=O) groups is 1. The molecule has 4 heterocycles. The summed E-state index contributed by atoms with van der Waals surface area (Å²) in [6, 6.07) is 2.54. The molecule has 0 radical (unpaired) electrons. The molecule has 2 aliphatic heterocycles. The van der Waals surface area contributed by atoms with Gasteiger partial charge in [0.25, 0.3) is 0 Å². The van der Waals surface area contributed by atoms with E-state index in [4.69, 9.17) is 8.94 Å². The number of hydrogen-bond acceptors (Lipinski definition) is 6. The van der Waals surface area contributed by atoms with E-state index in [-0.39, 0.29) is 5.91 Å². The normalized spacial score (nSPS) is 24.3. The van der Waals surface area contributed by atoms with Crippen LogP contribution in [0.2, 0.25) is 0 Å². The third kappa shape index (κ3) is 3.20. The summed E-state index contributed by atoms with van der Waals surface area (Å²) in [5, 5.41) is 4.04. The number of aromatic nitrogens is 2. The third-order valence-electron chi connectivity index (χ3n) is 5.37. The lowest BCUT2D eigenvalue weighted by atomic mass is 10.0. The fourth-order valence-corrected chi connectivity index (χ4v) is 4.19. The molecule has 7 nitrogen and oxygen atoms in total. The molecule has 2 aliphatic rings. The molecule has 0 aromatic carbocycles. The maximum Gasteiger partial charge on any atom is 0.241 e. The molecule has 7 heteroatoms. The Morgan fingerprint density at radius 2 is 2.12 bits per heavy atom. The molecule has 2 aromatic heterocycles.